The van der Waals surface area contributed by atoms with E-state index in [0.717, 1.165) is 6.42 Å². The Bertz CT molecular complexity index is 463. The molecule has 1 heterocycles. The Kier molecular flexibility index (Phi) is 5.69. The van der Waals surface area contributed by atoms with Gasteiger partial charge in [0.1, 0.15) is 11.6 Å². The second-order valence-corrected chi connectivity index (χ2v) is 5.36. The van der Waals surface area contributed by atoms with Crippen molar-refractivity contribution in [1.29, 1.82) is 0 Å². The molecule has 0 bridgehead atoms. The summed E-state index contributed by atoms with van der Waals surface area (Å²) >= 11 is 0. The lowest BCUT2D eigenvalue weighted by Crippen LogP contribution is -2.25. The molecular formula is C13H22N4O3. The lowest BCUT2D eigenvalue weighted by molar-refractivity contribution is -0.384. The number of hydrogen-bond donors (Lipinski definition) is 2. The zero-order chi connectivity index (χ0) is 15.2. The summed E-state index contributed by atoms with van der Waals surface area (Å²) in [5, 5.41) is 16.8. The highest BCUT2D eigenvalue weighted by atomic mass is 16.6. The number of aromatic nitrogens is 1. The van der Waals surface area contributed by atoms with E-state index < -0.39 is 4.92 Å². The molecule has 0 aromatic carbocycles. The lowest BCUT2D eigenvalue weighted by Gasteiger charge is -2.24. The molecule has 0 radical (unpaired) electrons. The molecule has 1 aromatic heterocycles. The first-order valence-corrected chi connectivity index (χ1v) is 6.45. The van der Waals surface area contributed by atoms with Crippen molar-refractivity contribution in [1.82, 2.24) is 4.98 Å². The maximum Gasteiger partial charge on any atom is 0.276 e. The standard InChI is InChI=1S/C13H22N4O3/c1-13(2,5-6-20-4)9-15-12-8-10(17(18)19)7-11(14-3)16-12/h7-8H,5-6,9H2,1-4H3,(H2,14,15,16). The molecule has 2 N–H and O–H groups in total. The molecule has 112 valence electrons. The van der Waals surface area contributed by atoms with Gasteiger partial charge >= 0.3 is 0 Å². The van der Waals surface area contributed by atoms with Gasteiger partial charge < -0.3 is 15.4 Å². The number of methoxy groups -OCH3 is 1. The number of pyridine rings is 1. The Hall–Kier alpha value is -1.89. The van der Waals surface area contributed by atoms with Gasteiger partial charge in [-0.2, -0.15) is 0 Å². The molecule has 1 rings (SSSR count). The van der Waals surface area contributed by atoms with Crippen molar-refractivity contribution < 1.29 is 9.66 Å². The van der Waals surface area contributed by atoms with Crippen LogP contribution >= 0.6 is 0 Å². The molecular weight excluding hydrogens is 260 g/mol. The summed E-state index contributed by atoms with van der Waals surface area (Å²) in [5.74, 6) is 0.963. The van der Waals surface area contributed by atoms with Gasteiger partial charge in [-0.05, 0) is 11.8 Å². The van der Waals surface area contributed by atoms with Crippen LogP contribution in [0.25, 0.3) is 0 Å². The average molecular weight is 282 g/mol. The van der Waals surface area contributed by atoms with Crippen molar-refractivity contribution in [3.63, 3.8) is 0 Å². The molecule has 1 aromatic rings. The number of ether oxygens (including phenoxy) is 1. The first kappa shape index (κ1) is 16.2. The van der Waals surface area contributed by atoms with Gasteiger partial charge in [-0.1, -0.05) is 13.8 Å². The molecule has 0 saturated heterocycles. The van der Waals surface area contributed by atoms with Crippen LogP contribution in [0.5, 0.6) is 0 Å². The normalized spacial score (nSPS) is 11.2. The van der Waals surface area contributed by atoms with Crippen molar-refractivity contribution in [3.8, 4) is 0 Å². The van der Waals surface area contributed by atoms with E-state index in [9.17, 15) is 10.1 Å². The van der Waals surface area contributed by atoms with Crippen LogP contribution in [0.3, 0.4) is 0 Å². The van der Waals surface area contributed by atoms with E-state index in [1.165, 1.54) is 12.1 Å². The fourth-order valence-corrected chi connectivity index (χ4v) is 1.64. The molecule has 7 nitrogen and oxygen atoms in total. The smallest absolute Gasteiger partial charge is 0.276 e. The minimum absolute atomic E-state index is 0.0153. The molecule has 0 atom stereocenters. The van der Waals surface area contributed by atoms with Crippen LogP contribution < -0.4 is 10.6 Å². The zero-order valence-electron chi connectivity index (χ0n) is 12.4. The number of rotatable bonds is 8. The van der Waals surface area contributed by atoms with Gasteiger partial charge in [-0.25, -0.2) is 4.98 Å². The third-order valence-corrected chi connectivity index (χ3v) is 3.01. The molecule has 0 saturated carbocycles. The Morgan fingerprint density at radius 1 is 1.40 bits per heavy atom. The van der Waals surface area contributed by atoms with Crippen molar-refractivity contribution >= 4 is 17.3 Å². The molecule has 20 heavy (non-hydrogen) atoms. The lowest BCUT2D eigenvalue weighted by atomic mass is 9.90. The van der Waals surface area contributed by atoms with E-state index in [1.807, 2.05) is 0 Å². The Labute approximate surface area is 118 Å². The molecule has 0 amide bonds. The van der Waals surface area contributed by atoms with Gasteiger partial charge in [-0.3, -0.25) is 10.1 Å². The molecule has 0 aliphatic heterocycles. The first-order valence-electron chi connectivity index (χ1n) is 6.45. The fraction of sp³-hybridized carbons (Fsp3) is 0.615. The van der Waals surface area contributed by atoms with Gasteiger partial charge in [0.25, 0.3) is 5.69 Å². The summed E-state index contributed by atoms with van der Waals surface area (Å²) in [6.45, 7) is 5.55. The average Bonchev–Trinajstić information content (AvgIpc) is 2.42. The number of nitrogens with one attached hydrogen (secondary N) is 2. The van der Waals surface area contributed by atoms with Gasteiger partial charge in [-0.15, -0.1) is 0 Å². The van der Waals surface area contributed by atoms with E-state index in [1.54, 1.807) is 14.2 Å². The summed E-state index contributed by atoms with van der Waals surface area (Å²) in [6.07, 6.45) is 0.893. The summed E-state index contributed by atoms with van der Waals surface area (Å²) in [4.78, 5) is 14.7. The summed E-state index contributed by atoms with van der Waals surface area (Å²) < 4.78 is 5.07. The Morgan fingerprint density at radius 3 is 2.60 bits per heavy atom. The fourth-order valence-electron chi connectivity index (χ4n) is 1.64. The second-order valence-electron chi connectivity index (χ2n) is 5.36. The molecule has 7 heteroatoms. The minimum Gasteiger partial charge on any atom is -0.385 e. The molecule has 0 fully saturated rings. The SMILES string of the molecule is CNc1cc([N+](=O)[O-])cc(NCC(C)(C)CCOC)n1. The van der Waals surface area contributed by atoms with Crippen LogP contribution in [0.15, 0.2) is 12.1 Å². The van der Waals surface area contributed by atoms with E-state index in [0.29, 0.717) is 24.8 Å². The van der Waals surface area contributed by atoms with E-state index in [2.05, 4.69) is 29.5 Å². The monoisotopic (exact) mass is 282 g/mol. The summed E-state index contributed by atoms with van der Waals surface area (Å²) in [5.41, 5.74) is 0.0313. The highest BCUT2D eigenvalue weighted by molar-refractivity contribution is 5.54. The van der Waals surface area contributed by atoms with Crippen LogP contribution in [0.1, 0.15) is 20.3 Å². The molecule has 0 unspecified atom stereocenters. The molecule has 0 aliphatic rings. The highest BCUT2D eigenvalue weighted by Crippen LogP contribution is 2.24. The Balaban J connectivity index is 2.76. The highest BCUT2D eigenvalue weighted by Gasteiger charge is 2.18. The van der Waals surface area contributed by atoms with E-state index >= 15 is 0 Å². The maximum absolute atomic E-state index is 10.9. The number of hydrogen-bond acceptors (Lipinski definition) is 6. The quantitative estimate of drug-likeness (QED) is 0.562. The van der Waals surface area contributed by atoms with Gasteiger partial charge in [0.15, 0.2) is 0 Å². The number of nitro groups is 1. The Morgan fingerprint density at radius 2 is 2.05 bits per heavy atom. The van der Waals surface area contributed by atoms with E-state index in [-0.39, 0.29) is 11.1 Å². The van der Waals surface area contributed by atoms with Crippen molar-refractivity contribution in [2.24, 2.45) is 5.41 Å². The summed E-state index contributed by atoms with van der Waals surface area (Å²) in [7, 11) is 3.35. The number of anilines is 2. The molecule has 0 spiro atoms. The first-order chi connectivity index (χ1) is 9.38. The predicted octanol–water partition coefficient (Wildman–Crippen LogP) is 2.51. The largest absolute Gasteiger partial charge is 0.385 e. The predicted molar refractivity (Wildman–Crippen MR) is 79.2 cm³/mol. The second kappa shape index (κ2) is 7.04. The third kappa shape index (κ3) is 5.00. The van der Waals surface area contributed by atoms with Gasteiger partial charge in [0.2, 0.25) is 0 Å². The van der Waals surface area contributed by atoms with Crippen molar-refractivity contribution in [3.05, 3.63) is 22.2 Å². The van der Waals surface area contributed by atoms with Crippen LogP contribution in [0.4, 0.5) is 17.3 Å². The number of nitrogens with zero attached hydrogens (tertiary/aromatic N) is 2. The minimum atomic E-state index is -0.427. The van der Waals surface area contributed by atoms with Crippen LogP contribution in [-0.2, 0) is 4.74 Å². The molecule has 0 aliphatic carbocycles. The van der Waals surface area contributed by atoms with Crippen molar-refractivity contribution in [2.45, 2.75) is 20.3 Å². The maximum atomic E-state index is 10.9. The van der Waals surface area contributed by atoms with Crippen molar-refractivity contribution in [2.75, 3.05) is 37.9 Å². The summed E-state index contributed by atoms with van der Waals surface area (Å²) in [6, 6.07) is 2.84. The van der Waals surface area contributed by atoms with Crippen LogP contribution in [-0.4, -0.2) is 37.2 Å². The third-order valence-electron chi connectivity index (χ3n) is 3.01. The van der Waals surface area contributed by atoms with Gasteiger partial charge in [0, 0.05) is 27.3 Å². The van der Waals surface area contributed by atoms with Gasteiger partial charge in [0.05, 0.1) is 17.1 Å². The van der Waals surface area contributed by atoms with Crippen LogP contribution in [0, 0.1) is 15.5 Å². The zero-order valence-corrected chi connectivity index (χ0v) is 12.4. The topological polar surface area (TPSA) is 89.3 Å². The van der Waals surface area contributed by atoms with E-state index in [4.69, 9.17) is 4.74 Å². The van der Waals surface area contributed by atoms with Crippen LogP contribution in [0.2, 0.25) is 0 Å².